The van der Waals surface area contributed by atoms with Crippen molar-refractivity contribution in [1.82, 2.24) is 4.90 Å². The Labute approximate surface area is 110 Å². The van der Waals surface area contributed by atoms with Crippen molar-refractivity contribution in [2.24, 2.45) is 17.1 Å². The fraction of sp³-hybridized carbons (Fsp3) is 0.846. The molecule has 0 aromatic heterocycles. The number of carbonyl (C=O) groups is 1. The first-order valence-electron chi connectivity index (χ1n) is 6.42. The lowest BCUT2D eigenvalue weighted by atomic mass is 9.61. The van der Waals surface area contributed by atoms with Gasteiger partial charge in [0.2, 0.25) is 5.91 Å². The lowest BCUT2D eigenvalue weighted by molar-refractivity contribution is -0.144. The lowest BCUT2D eigenvalue weighted by Crippen LogP contribution is -2.57. The van der Waals surface area contributed by atoms with E-state index in [0.717, 1.165) is 25.7 Å². The summed E-state index contributed by atoms with van der Waals surface area (Å²) in [4.78, 5) is 14.7. The molecule has 0 radical (unpaired) electrons. The second kappa shape index (κ2) is 5.34. The molecule has 1 unspecified atom stereocenters. The van der Waals surface area contributed by atoms with Gasteiger partial charge in [-0.05, 0) is 32.1 Å². The molecule has 2 N–H and O–H groups in total. The molecule has 1 aliphatic carbocycles. The third-order valence-electron chi connectivity index (χ3n) is 3.96. The highest BCUT2D eigenvalue weighted by atomic mass is 32.1. The minimum atomic E-state index is -0.550. The molecule has 0 heterocycles. The Hall–Kier alpha value is -0.640. The maximum absolute atomic E-state index is 12.5. The average molecular weight is 256 g/mol. The van der Waals surface area contributed by atoms with Crippen LogP contribution in [-0.4, -0.2) is 28.9 Å². The summed E-state index contributed by atoms with van der Waals surface area (Å²) in [6.45, 7) is 6.35. The van der Waals surface area contributed by atoms with Crippen LogP contribution in [0, 0.1) is 11.3 Å². The van der Waals surface area contributed by atoms with Crippen LogP contribution in [0.25, 0.3) is 0 Å². The number of rotatable bonds is 5. The van der Waals surface area contributed by atoms with E-state index in [1.54, 1.807) is 0 Å². The molecule has 0 saturated heterocycles. The van der Waals surface area contributed by atoms with E-state index in [4.69, 9.17) is 18.0 Å². The van der Waals surface area contributed by atoms with Gasteiger partial charge in [0, 0.05) is 13.1 Å². The van der Waals surface area contributed by atoms with Crippen LogP contribution < -0.4 is 5.73 Å². The highest BCUT2D eigenvalue weighted by Crippen LogP contribution is 2.47. The van der Waals surface area contributed by atoms with E-state index < -0.39 is 5.41 Å². The van der Waals surface area contributed by atoms with Crippen LogP contribution in [0.2, 0.25) is 0 Å². The fourth-order valence-electron chi connectivity index (χ4n) is 2.76. The number of hydrogen-bond acceptors (Lipinski definition) is 2. The Kier molecular flexibility index (Phi) is 4.53. The van der Waals surface area contributed by atoms with Crippen molar-refractivity contribution in [3.8, 4) is 0 Å². The summed E-state index contributed by atoms with van der Waals surface area (Å²) >= 11 is 5.11. The van der Waals surface area contributed by atoms with Crippen molar-refractivity contribution in [3.63, 3.8) is 0 Å². The third kappa shape index (κ3) is 2.62. The predicted molar refractivity (Wildman–Crippen MR) is 74.8 cm³/mol. The maximum atomic E-state index is 12.5. The second-order valence-corrected chi connectivity index (χ2v) is 5.95. The monoisotopic (exact) mass is 256 g/mol. The number of amides is 1. The molecular formula is C13H24N2OS. The van der Waals surface area contributed by atoms with Crippen molar-refractivity contribution in [2.45, 2.75) is 52.5 Å². The van der Waals surface area contributed by atoms with Gasteiger partial charge in [0.1, 0.15) is 0 Å². The molecule has 98 valence electrons. The smallest absolute Gasteiger partial charge is 0.235 e. The van der Waals surface area contributed by atoms with Gasteiger partial charge in [0.05, 0.1) is 10.4 Å². The molecule has 4 heteroatoms. The maximum Gasteiger partial charge on any atom is 0.235 e. The third-order valence-corrected chi connectivity index (χ3v) is 4.35. The molecule has 1 fully saturated rings. The van der Waals surface area contributed by atoms with E-state index in [2.05, 4.69) is 20.8 Å². The Morgan fingerprint density at radius 3 is 2.47 bits per heavy atom. The predicted octanol–water partition coefficient (Wildman–Crippen LogP) is 2.34. The lowest BCUT2D eigenvalue weighted by Gasteiger charge is -2.47. The van der Waals surface area contributed by atoms with Gasteiger partial charge in [-0.25, -0.2) is 0 Å². The Bertz CT molecular complexity index is 311. The molecule has 0 bridgehead atoms. The number of nitrogens with two attached hydrogens (primary N) is 1. The van der Waals surface area contributed by atoms with Crippen molar-refractivity contribution in [2.75, 3.05) is 7.05 Å². The van der Waals surface area contributed by atoms with E-state index in [9.17, 15) is 4.79 Å². The summed E-state index contributed by atoms with van der Waals surface area (Å²) in [6, 6.07) is 0.259. The normalized spacial score (nSPS) is 29.3. The molecule has 3 nitrogen and oxygen atoms in total. The Morgan fingerprint density at radius 1 is 1.59 bits per heavy atom. The topological polar surface area (TPSA) is 46.3 Å². The van der Waals surface area contributed by atoms with Crippen molar-refractivity contribution in [1.29, 1.82) is 0 Å². The largest absolute Gasteiger partial charge is 0.392 e. The van der Waals surface area contributed by atoms with Crippen molar-refractivity contribution in [3.05, 3.63) is 0 Å². The molecule has 1 rings (SSSR count). The first-order chi connectivity index (χ1) is 7.85. The van der Waals surface area contributed by atoms with Gasteiger partial charge < -0.3 is 10.6 Å². The average Bonchev–Trinajstić information content (AvgIpc) is 2.22. The van der Waals surface area contributed by atoms with Crippen LogP contribution in [-0.2, 0) is 4.79 Å². The van der Waals surface area contributed by atoms with Crippen molar-refractivity contribution >= 4 is 23.1 Å². The van der Waals surface area contributed by atoms with Gasteiger partial charge in [-0.1, -0.05) is 32.5 Å². The summed E-state index contributed by atoms with van der Waals surface area (Å²) < 4.78 is 0. The quantitative estimate of drug-likeness (QED) is 0.768. The van der Waals surface area contributed by atoms with Crippen LogP contribution in [0.5, 0.6) is 0 Å². The molecule has 0 aliphatic heterocycles. The minimum absolute atomic E-state index is 0.115. The number of hydrogen-bond donors (Lipinski definition) is 1. The molecule has 1 amide bonds. The van der Waals surface area contributed by atoms with E-state index >= 15 is 0 Å². The molecule has 1 atom stereocenters. The molecule has 0 aromatic rings. The van der Waals surface area contributed by atoms with Gasteiger partial charge in [-0.15, -0.1) is 0 Å². The zero-order valence-corrected chi connectivity index (χ0v) is 12.1. The molecule has 1 aliphatic rings. The second-order valence-electron chi connectivity index (χ2n) is 5.51. The molecule has 0 spiro atoms. The molecule has 1 saturated carbocycles. The zero-order chi connectivity index (χ0) is 13.2. The van der Waals surface area contributed by atoms with Crippen LogP contribution in [0.15, 0.2) is 0 Å². The van der Waals surface area contributed by atoms with E-state index in [1.165, 1.54) is 0 Å². The van der Waals surface area contributed by atoms with Gasteiger partial charge in [-0.2, -0.15) is 0 Å². The van der Waals surface area contributed by atoms with Gasteiger partial charge in [-0.3, -0.25) is 4.79 Å². The summed E-state index contributed by atoms with van der Waals surface area (Å²) in [5.41, 5.74) is 5.24. The Morgan fingerprint density at radius 2 is 2.12 bits per heavy atom. The van der Waals surface area contributed by atoms with Crippen LogP contribution >= 0.6 is 12.2 Å². The molecule has 0 aromatic carbocycles. The first-order valence-corrected chi connectivity index (χ1v) is 6.83. The summed E-state index contributed by atoms with van der Waals surface area (Å²) in [5, 5.41) is 0. The first kappa shape index (κ1) is 14.4. The highest BCUT2D eigenvalue weighted by Gasteiger charge is 2.52. The highest BCUT2D eigenvalue weighted by molar-refractivity contribution is 7.80. The number of thiocarbonyl (C=S) groups is 1. The van der Waals surface area contributed by atoms with E-state index in [0.29, 0.717) is 10.9 Å². The van der Waals surface area contributed by atoms with Gasteiger partial charge in [0.15, 0.2) is 0 Å². The van der Waals surface area contributed by atoms with Gasteiger partial charge >= 0.3 is 0 Å². The van der Waals surface area contributed by atoms with Crippen LogP contribution in [0.3, 0.4) is 0 Å². The van der Waals surface area contributed by atoms with Crippen LogP contribution in [0.4, 0.5) is 0 Å². The summed E-state index contributed by atoms with van der Waals surface area (Å²) in [7, 11) is 1.87. The van der Waals surface area contributed by atoms with E-state index in [1.807, 2.05) is 11.9 Å². The SMILES string of the molecule is CCCC(C)N(C)C(=O)C1(C(N)=S)CC(C)C1. The fourth-order valence-corrected chi connectivity index (χ4v) is 3.01. The summed E-state index contributed by atoms with van der Waals surface area (Å²) in [6.07, 6.45) is 3.72. The summed E-state index contributed by atoms with van der Waals surface area (Å²) in [5.74, 6) is 0.666. The van der Waals surface area contributed by atoms with E-state index in [-0.39, 0.29) is 11.9 Å². The minimum Gasteiger partial charge on any atom is -0.392 e. The number of carbonyl (C=O) groups excluding carboxylic acids is 1. The number of nitrogens with zero attached hydrogens (tertiary/aromatic N) is 1. The van der Waals surface area contributed by atoms with Crippen molar-refractivity contribution < 1.29 is 4.79 Å². The Balaban J connectivity index is 2.76. The standard InChI is InChI=1S/C13H24N2OS/c1-5-6-10(3)15(4)12(16)13(11(14)17)7-9(2)8-13/h9-10H,5-8H2,1-4H3,(H2,14,17). The molecular weight excluding hydrogens is 232 g/mol. The van der Waals surface area contributed by atoms with Crippen LogP contribution in [0.1, 0.15) is 46.5 Å². The van der Waals surface area contributed by atoms with Gasteiger partial charge in [0.25, 0.3) is 0 Å². The zero-order valence-electron chi connectivity index (χ0n) is 11.3. The molecule has 17 heavy (non-hydrogen) atoms.